The molecule has 0 fully saturated rings. The van der Waals surface area contributed by atoms with Crippen LogP contribution in [0.1, 0.15) is 72.6 Å². The topological polar surface area (TPSA) is 130 Å². The molecule has 0 aliphatic carbocycles. The number of carbonyl (C=O) groups excluding carboxylic acids is 5. The molecule has 160 valence electrons. The first-order chi connectivity index (χ1) is 13.0. The smallest absolute Gasteiger partial charge is 0.222 e. The molecule has 0 bridgehead atoms. The molecule has 0 aliphatic heterocycles. The Kier molecular flexibility index (Phi) is 12.9. The molecule has 0 radical (unpaired) electrons. The van der Waals surface area contributed by atoms with Crippen molar-refractivity contribution in [2.75, 3.05) is 0 Å². The van der Waals surface area contributed by atoms with Crippen molar-refractivity contribution in [2.45, 2.75) is 90.8 Å². The maximum absolute atomic E-state index is 12.3. The van der Waals surface area contributed by atoms with E-state index in [1.165, 1.54) is 13.8 Å². The molecule has 3 N–H and O–H groups in total. The van der Waals surface area contributed by atoms with Gasteiger partial charge in [0.2, 0.25) is 11.8 Å². The van der Waals surface area contributed by atoms with Crippen molar-refractivity contribution in [2.24, 2.45) is 5.92 Å². The van der Waals surface area contributed by atoms with Gasteiger partial charge in [0.1, 0.15) is 17.9 Å². The Morgan fingerprint density at radius 1 is 0.893 bits per heavy atom. The normalized spacial score (nSPS) is 15.0. The molecule has 0 spiro atoms. The van der Waals surface area contributed by atoms with Gasteiger partial charge >= 0.3 is 0 Å². The van der Waals surface area contributed by atoms with Gasteiger partial charge in [0.05, 0.1) is 6.10 Å². The molecule has 0 saturated heterocycles. The third kappa shape index (κ3) is 14.0. The molecular formula is C20H34N2O6. The van der Waals surface area contributed by atoms with Gasteiger partial charge < -0.3 is 30.1 Å². The molecule has 2 amide bonds. The Morgan fingerprint density at radius 3 is 1.96 bits per heavy atom. The van der Waals surface area contributed by atoms with Crippen molar-refractivity contribution in [3.05, 3.63) is 0 Å². The summed E-state index contributed by atoms with van der Waals surface area (Å²) in [6.07, 6.45) is 1.33. The fraction of sp³-hybridized carbons (Fsp3) is 0.750. The van der Waals surface area contributed by atoms with E-state index in [1.807, 2.05) is 0 Å². The lowest BCUT2D eigenvalue weighted by molar-refractivity contribution is -0.125. The van der Waals surface area contributed by atoms with Crippen LogP contribution >= 0.6 is 0 Å². The molecule has 4 atom stereocenters. The summed E-state index contributed by atoms with van der Waals surface area (Å²) in [6.45, 7) is 6.28. The zero-order valence-corrected chi connectivity index (χ0v) is 17.3. The maximum Gasteiger partial charge on any atom is 0.222 e. The van der Waals surface area contributed by atoms with E-state index in [0.717, 1.165) is 0 Å². The van der Waals surface area contributed by atoms with Gasteiger partial charge in [-0.2, -0.15) is 0 Å². The van der Waals surface area contributed by atoms with Gasteiger partial charge in [-0.1, -0.05) is 6.92 Å². The summed E-state index contributed by atoms with van der Waals surface area (Å²) in [7, 11) is 0. The van der Waals surface area contributed by atoms with Crippen LogP contribution in [0.3, 0.4) is 0 Å². The number of amides is 2. The molecule has 8 heteroatoms. The molecule has 0 rings (SSSR count). The van der Waals surface area contributed by atoms with Gasteiger partial charge in [0, 0.05) is 44.2 Å². The Labute approximate surface area is 166 Å². The second-order valence-electron chi connectivity index (χ2n) is 7.68. The predicted molar refractivity (Wildman–Crippen MR) is 104 cm³/mol. The van der Waals surface area contributed by atoms with E-state index in [2.05, 4.69) is 10.6 Å². The highest BCUT2D eigenvalue weighted by Crippen LogP contribution is 2.10. The summed E-state index contributed by atoms with van der Waals surface area (Å²) in [4.78, 5) is 57.6. The number of ketones is 2. The number of aliphatic hydroxyl groups excluding tert-OH is 1. The summed E-state index contributed by atoms with van der Waals surface area (Å²) < 4.78 is 0. The minimum Gasteiger partial charge on any atom is -0.393 e. The zero-order valence-electron chi connectivity index (χ0n) is 17.3. The molecule has 0 aliphatic rings. The maximum atomic E-state index is 12.3. The highest BCUT2D eigenvalue weighted by Gasteiger charge is 2.21. The van der Waals surface area contributed by atoms with E-state index in [-0.39, 0.29) is 61.4 Å². The summed E-state index contributed by atoms with van der Waals surface area (Å²) in [5, 5.41) is 15.1. The van der Waals surface area contributed by atoms with Crippen LogP contribution in [0.5, 0.6) is 0 Å². The van der Waals surface area contributed by atoms with Crippen molar-refractivity contribution in [3.63, 3.8) is 0 Å². The lowest BCUT2D eigenvalue weighted by atomic mass is 10.00. The molecule has 0 saturated carbocycles. The van der Waals surface area contributed by atoms with Gasteiger partial charge in [-0.15, -0.1) is 0 Å². The lowest BCUT2D eigenvalue weighted by Gasteiger charge is -2.22. The van der Waals surface area contributed by atoms with E-state index in [4.69, 9.17) is 0 Å². The minimum absolute atomic E-state index is 0.00647. The second kappa shape index (κ2) is 14.0. The first kappa shape index (κ1) is 25.9. The largest absolute Gasteiger partial charge is 0.393 e. The average Bonchev–Trinajstić information content (AvgIpc) is 2.50. The van der Waals surface area contributed by atoms with Crippen LogP contribution < -0.4 is 10.6 Å². The SMILES string of the molecule is CC(=O)CCC(CC=O)NC(=O)CC(CC(C)O)NC(=O)CC(C)CC(C)=O. The Morgan fingerprint density at radius 2 is 1.46 bits per heavy atom. The van der Waals surface area contributed by atoms with Crippen molar-refractivity contribution in [1.29, 1.82) is 0 Å². The number of carbonyl (C=O) groups is 5. The number of aliphatic hydroxyl groups is 1. The van der Waals surface area contributed by atoms with Crippen LogP contribution in [0.4, 0.5) is 0 Å². The van der Waals surface area contributed by atoms with Crippen molar-refractivity contribution >= 4 is 29.7 Å². The zero-order chi connectivity index (χ0) is 21.7. The Bertz CT molecular complexity index is 547. The standard InChI is InChI=1S/C20H34N2O6/c1-13(9-15(3)25)10-19(27)22-18(11-16(4)26)12-20(28)21-17(7-8-23)6-5-14(2)24/h8,13,16-18,26H,5-7,9-12H2,1-4H3,(H,21,28)(H,22,27). The van der Waals surface area contributed by atoms with Crippen molar-refractivity contribution in [1.82, 2.24) is 10.6 Å². The Balaban J connectivity index is 4.75. The van der Waals surface area contributed by atoms with Crippen LogP contribution in [-0.2, 0) is 24.0 Å². The molecule has 0 heterocycles. The summed E-state index contributed by atoms with van der Waals surface area (Å²) in [6, 6.07) is -1.01. The molecule has 28 heavy (non-hydrogen) atoms. The van der Waals surface area contributed by atoms with Crippen molar-refractivity contribution in [3.8, 4) is 0 Å². The van der Waals surface area contributed by atoms with Gasteiger partial charge in [-0.3, -0.25) is 9.59 Å². The van der Waals surface area contributed by atoms with E-state index in [0.29, 0.717) is 19.1 Å². The van der Waals surface area contributed by atoms with Crippen molar-refractivity contribution < 1.29 is 29.1 Å². The number of rotatable bonds is 15. The van der Waals surface area contributed by atoms with Crippen LogP contribution in [0.25, 0.3) is 0 Å². The first-order valence-corrected chi connectivity index (χ1v) is 9.72. The average molecular weight is 399 g/mol. The number of Topliss-reactive ketones (excluding diaryl/α,β-unsaturated/α-hetero) is 2. The summed E-state index contributed by atoms with van der Waals surface area (Å²) in [5.74, 6) is -0.774. The molecule has 0 aromatic heterocycles. The van der Waals surface area contributed by atoms with E-state index >= 15 is 0 Å². The number of hydrogen-bond donors (Lipinski definition) is 3. The van der Waals surface area contributed by atoms with Gasteiger partial charge in [0.25, 0.3) is 0 Å². The highest BCUT2D eigenvalue weighted by molar-refractivity contribution is 5.81. The highest BCUT2D eigenvalue weighted by atomic mass is 16.3. The molecule has 0 aromatic rings. The first-order valence-electron chi connectivity index (χ1n) is 9.72. The van der Waals surface area contributed by atoms with Gasteiger partial charge in [0.15, 0.2) is 0 Å². The second-order valence-corrected chi connectivity index (χ2v) is 7.68. The van der Waals surface area contributed by atoms with E-state index in [1.54, 1.807) is 13.8 Å². The van der Waals surface area contributed by atoms with E-state index < -0.39 is 18.2 Å². The van der Waals surface area contributed by atoms with Gasteiger partial charge in [-0.25, -0.2) is 0 Å². The third-order valence-electron chi connectivity index (χ3n) is 4.18. The molecule has 4 unspecified atom stereocenters. The fourth-order valence-corrected chi connectivity index (χ4v) is 3.02. The van der Waals surface area contributed by atoms with Crippen LogP contribution in [0, 0.1) is 5.92 Å². The number of nitrogens with one attached hydrogen (secondary N) is 2. The van der Waals surface area contributed by atoms with Crippen LogP contribution in [0.15, 0.2) is 0 Å². The van der Waals surface area contributed by atoms with Crippen LogP contribution in [-0.4, -0.2) is 53.0 Å². The summed E-state index contributed by atoms with van der Waals surface area (Å²) in [5.41, 5.74) is 0. The predicted octanol–water partition coefficient (Wildman–Crippen LogP) is 1.08. The monoisotopic (exact) mass is 398 g/mol. The fourth-order valence-electron chi connectivity index (χ4n) is 3.02. The van der Waals surface area contributed by atoms with Crippen LogP contribution in [0.2, 0.25) is 0 Å². The van der Waals surface area contributed by atoms with E-state index in [9.17, 15) is 29.1 Å². The minimum atomic E-state index is -0.712. The Hall–Kier alpha value is -2.09. The third-order valence-corrected chi connectivity index (χ3v) is 4.18. The summed E-state index contributed by atoms with van der Waals surface area (Å²) >= 11 is 0. The molecule has 0 aromatic carbocycles. The molecular weight excluding hydrogens is 364 g/mol. The molecule has 8 nitrogen and oxygen atoms in total. The number of aldehydes is 1. The quantitative estimate of drug-likeness (QED) is 0.354. The lowest BCUT2D eigenvalue weighted by Crippen LogP contribution is -2.43. The number of hydrogen-bond acceptors (Lipinski definition) is 6. The van der Waals surface area contributed by atoms with Gasteiger partial charge in [-0.05, 0) is 39.5 Å².